The summed E-state index contributed by atoms with van der Waals surface area (Å²) in [6.45, 7) is 0.786. The molecule has 2 aromatic carbocycles. The molecule has 2 unspecified atom stereocenters. The zero-order valence-electron chi connectivity index (χ0n) is 11.1. The van der Waals surface area contributed by atoms with Crippen LogP contribution in [-0.2, 0) is 6.54 Å². The van der Waals surface area contributed by atoms with Crippen LogP contribution in [0.2, 0.25) is 0 Å². The monoisotopic (exact) mass is 267 g/mol. The van der Waals surface area contributed by atoms with Crippen LogP contribution < -0.4 is 5.32 Å². The Labute approximate surface area is 118 Å². The smallest absolute Gasteiger partial charge is 0.335 e. The van der Waals surface area contributed by atoms with Crippen molar-refractivity contribution in [1.82, 2.24) is 5.32 Å². The molecule has 3 nitrogen and oxygen atoms in total. The molecule has 1 aliphatic rings. The van der Waals surface area contributed by atoms with E-state index in [0.29, 0.717) is 17.5 Å². The molecule has 0 aromatic heterocycles. The van der Waals surface area contributed by atoms with Gasteiger partial charge in [-0.25, -0.2) is 4.79 Å². The van der Waals surface area contributed by atoms with Gasteiger partial charge in [-0.3, -0.25) is 0 Å². The maximum Gasteiger partial charge on any atom is 0.335 e. The van der Waals surface area contributed by atoms with E-state index in [1.54, 1.807) is 12.1 Å². The summed E-state index contributed by atoms with van der Waals surface area (Å²) in [7, 11) is 0. The summed E-state index contributed by atoms with van der Waals surface area (Å²) < 4.78 is 0. The Hall–Kier alpha value is -2.13. The fourth-order valence-corrected chi connectivity index (χ4v) is 2.50. The minimum absolute atomic E-state index is 0.335. The fourth-order valence-electron chi connectivity index (χ4n) is 2.50. The molecule has 102 valence electrons. The van der Waals surface area contributed by atoms with Gasteiger partial charge >= 0.3 is 5.97 Å². The van der Waals surface area contributed by atoms with Gasteiger partial charge in [0.1, 0.15) is 0 Å². The Morgan fingerprint density at radius 1 is 1.10 bits per heavy atom. The van der Waals surface area contributed by atoms with Gasteiger partial charge in [0.25, 0.3) is 0 Å². The first-order valence-electron chi connectivity index (χ1n) is 6.84. The lowest BCUT2D eigenvalue weighted by Crippen LogP contribution is -2.17. The lowest BCUT2D eigenvalue weighted by Gasteiger charge is -2.05. The highest BCUT2D eigenvalue weighted by Gasteiger charge is 2.37. The largest absolute Gasteiger partial charge is 0.478 e. The zero-order valence-corrected chi connectivity index (χ0v) is 11.1. The van der Waals surface area contributed by atoms with Crippen LogP contribution in [0.4, 0.5) is 0 Å². The minimum atomic E-state index is -0.879. The molecule has 0 heterocycles. The number of hydrogen-bond acceptors (Lipinski definition) is 2. The number of benzene rings is 2. The van der Waals surface area contributed by atoms with Crippen LogP contribution in [0, 0.1) is 0 Å². The quantitative estimate of drug-likeness (QED) is 0.875. The summed E-state index contributed by atoms with van der Waals surface area (Å²) in [4.78, 5) is 10.8. The SMILES string of the molecule is O=C(O)c1ccc(CNC2CC2c2ccccc2)cc1. The molecule has 3 rings (SSSR count). The Bertz CT molecular complexity index is 592. The zero-order chi connectivity index (χ0) is 13.9. The first-order valence-corrected chi connectivity index (χ1v) is 6.84. The van der Waals surface area contributed by atoms with E-state index in [1.165, 1.54) is 12.0 Å². The van der Waals surface area contributed by atoms with Gasteiger partial charge in [0, 0.05) is 18.5 Å². The van der Waals surface area contributed by atoms with Crippen LogP contribution in [0.5, 0.6) is 0 Å². The number of hydrogen-bond donors (Lipinski definition) is 2. The van der Waals surface area contributed by atoms with E-state index < -0.39 is 5.97 Å². The standard InChI is InChI=1S/C17H17NO2/c19-17(20)14-8-6-12(7-9-14)11-18-16-10-15(16)13-4-2-1-3-5-13/h1-9,15-16,18H,10-11H2,(H,19,20). The molecule has 0 spiro atoms. The number of carbonyl (C=O) groups is 1. The van der Waals surface area contributed by atoms with E-state index in [9.17, 15) is 4.79 Å². The predicted molar refractivity (Wildman–Crippen MR) is 77.8 cm³/mol. The fraction of sp³-hybridized carbons (Fsp3) is 0.235. The highest BCUT2D eigenvalue weighted by Crippen LogP contribution is 2.40. The average molecular weight is 267 g/mol. The lowest BCUT2D eigenvalue weighted by atomic mass is 10.1. The second-order valence-corrected chi connectivity index (χ2v) is 5.24. The van der Waals surface area contributed by atoms with Crippen LogP contribution in [-0.4, -0.2) is 17.1 Å². The van der Waals surface area contributed by atoms with Crippen molar-refractivity contribution in [2.24, 2.45) is 0 Å². The molecule has 1 fully saturated rings. The van der Waals surface area contributed by atoms with Crippen LogP contribution in [0.15, 0.2) is 54.6 Å². The van der Waals surface area contributed by atoms with E-state index in [4.69, 9.17) is 5.11 Å². The normalized spacial score (nSPS) is 20.6. The van der Waals surface area contributed by atoms with Crippen molar-refractivity contribution < 1.29 is 9.90 Å². The van der Waals surface area contributed by atoms with Gasteiger partial charge in [-0.2, -0.15) is 0 Å². The van der Waals surface area contributed by atoms with Crippen molar-refractivity contribution in [1.29, 1.82) is 0 Å². The molecule has 2 N–H and O–H groups in total. The van der Waals surface area contributed by atoms with Gasteiger partial charge in [0.2, 0.25) is 0 Å². The van der Waals surface area contributed by atoms with Gasteiger partial charge in [0.15, 0.2) is 0 Å². The molecule has 0 saturated heterocycles. The number of carboxylic acids is 1. The third-order valence-electron chi connectivity index (χ3n) is 3.79. The Morgan fingerprint density at radius 2 is 1.80 bits per heavy atom. The molecular formula is C17H17NO2. The molecule has 2 aromatic rings. The highest BCUT2D eigenvalue weighted by molar-refractivity contribution is 5.87. The third kappa shape index (κ3) is 2.89. The van der Waals surface area contributed by atoms with Gasteiger partial charge < -0.3 is 10.4 Å². The third-order valence-corrected chi connectivity index (χ3v) is 3.79. The van der Waals surface area contributed by atoms with Crippen LogP contribution in [0.1, 0.15) is 33.8 Å². The van der Waals surface area contributed by atoms with Gasteiger partial charge in [-0.1, -0.05) is 42.5 Å². The molecule has 20 heavy (non-hydrogen) atoms. The van der Waals surface area contributed by atoms with Crippen molar-refractivity contribution >= 4 is 5.97 Å². The van der Waals surface area contributed by atoms with E-state index in [-0.39, 0.29) is 0 Å². The highest BCUT2D eigenvalue weighted by atomic mass is 16.4. The summed E-state index contributed by atoms with van der Waals surface area (Å²) in [6, 6.07) is 18.1. The van der Waals surface area contributed by atoms with E-state index >= 15 is 0 Å². The first-order chi connectivity index (χ1) is 9.74. The summed E-state index contributed by atoms with van der Waals surface area (Å²) in [5, 5.41) is 12.4. The molecule has 0 aliphatic heterocycles. The molecule has 1 saturated carbocycles. The number of carboxylic acid groups (broad SMARTS) is 1. The van der Waals surface area contributed by atoms with Crippen LogP contribution in [0.25, 0.3) is 0 Å². The maximum atomic E-state index is 10.8. The minimum Gasteiger partial charge on any atom is -0.478 e. The van der Waals surface area contributed by atoms with E-state index in [1.807, 2.05) is 18.2 Å². The van der Waals surface area contributed by atoms with Crippen LogP contribution >= 0.6 is 0 Å². The summed E-state index contributed by atoms with van der Waals surface area (Å²) in [5.74, 6) is -0.259. The molecular weight excluding hydrogens is 250 g/mol. The number of rotatable bonds is 5. The summed E-state index contributed by atoms with van der Waals surface area (Å²) in [5.41, 5.74) is 2.85. The summed E-state index contributed by atoms with van der Waals surface area (Å²) in [6.07, 6.45) is 1.18. The van der Waals surface area contributed by atoms with Crippen molar-refractivity contribution in [2.75, 3.05) is 0 Å². The second kappa shape index (κ2) is 5.47. The molecule has 2 atom stereocenters. The van der Waals surface area contributed by atoms with Crippen molar-refractivity contribution in [2.45, 2.75) is 24.9 Å². The van der Waals surface area contributed by atoms with Gasteiger partial charge in [-0.05, 0) is 29.7 Å². The van der Waals surface area contributed by atoms with E-state index in [0.717, 1.165) is 12.1 Å². The molecule has 1 aliphatic carbocycles. The van der Waals surface area contributed by atoms with Gasteiger partial charge in [-0.15, -0.1) is 0 Å². The lowest BCUT2D eigenvalue weighted by molar-refractivity contribution is 0.0697. The topological polar surface area (TPSA) is 49.3 Å². The predicted octanol–water partition coefficient (Wildman–Crippen LogP) is 3.03. The van der Waals surface area contributed by atoms with Gasteiger partial charge in [0.05, 0.1) is 5.56 Å². The average Bonchev–Trinajstić information content (AvgIpc) is 3.26. The molecule has 0 amide bonds. The van der Waals surface area contributed by atoms with Crippen molar-refractivity contribution in [3.05, 3.63) is 71.3 Å². The van der Waals surface area contributed by atoms with Crippen molar-refractivity contribution in [3.63, 3.8) is 0 Å². The maximum absolute atomic E-state index is 10.8. The Kier molecular flexibility index (Phi) is 3.52. The molecule has 0 bridgehead atoms. The Morgan fingerprint density at radius 3 is 2.45 bits per heavy atom. The van der Waals surface area contributed by atoms with E-state index in [2.05, 4.69) is 29.6 Å². The van der Waals surface area contributed by atoms with Crippen LogP contribution in [0.3, 0.4) is 0 Å². The second-order valence-electron chi connectivity index (χ2n) is 5.24. The van der Waals surface area contributed by atoms with Crippen molar-refractivity contribution in [3.8, 4) is 0 Å². The molecule has 3 heteroatoms. The number of nitrogens with one attached hydrogen (secondary N) is 1. The number of aromatic carboxylic acids is 1. The molecule has 0 radical (unpaired) electrons. The Balaban J connectivity index is 1.53. The summed E-state index contributed by atoms with van der Waals surface area (Å²) >= 11 is 0. The first kappa shape index (κ1) is 12.9.